The van der Waals surface area contributed by atoms with Crippen LogP contribution in [0.3, 0.4) is 0 Å². The molecule has 0 aromatic carbocycles. The summed E-state index contributed by atoms with van der Waals surface area (Å²) in [5.74, 6) is 4.10. The SMILES string of the molecule is CC.CCCCCCCCCCCCCCCCCCCC[C@H]1CC[C@H]2C3CC=C4CCCCC4(C)[C@H]3CCC12C. The molecule has 0 nitrogen and oxygen atoms in total. The zero-order chi connectivity index (χ0) is 29.4. The Bertz CT molecular complexity index is 703. The van der Waals surface area contributed by atoms with Crippen LogP contribution in [0, 0.1) is 34.5 Å². The molecule has 0 spiro atoms. The van der Waals surface area contributed by atoms with Gasteiger partial charge in [0, 0.05) is 0 Å². The third-order valence-electron chi connectivity index (χ3n) is 13.1. The van der Waals surface area contributed by atoms with Crippen LogP contribution in [0.25, 0.3) is 0 Å². The average molecular weight is 569 g/mol. The fourth-order valence-corrected chi connectivity index (χ4v) is 10.6. The number of allylic oxidation sites excluding steroid dienone is 2. The Morgan fingerprint density at radius 2 is 1.15 bits per heavy atom. The van der Waals surface area contributed by atoms with E-state index >= 15 is 0 Å². The lowest BCUT2D eigenvalue weighted by Gasteiger charge is -2.57. The predicted molar refractivity (Wildman–Crippen MR) is 185 cm³/mol. The van der Waals surface area contributed by atoms with Gasteiger partial charge in [0.05, 0.1) is 0 Å². The smallest absolute Gasteiger partial charge is 0.00853 e. The van der Waals surface area contributed by atoms with E-state index in [2.05, 4.69) is 26.8 Å². The van der Waals surface area contributed by atoms with Crippen molar-refractivity contribution in [3.8, 4) is 0 Å². The molecule has 240 valence electrons. The van der Waals surface area contributed by atoms with Gasteiger partial charge in [0.1, 0.15) is 0 Å². The molecule has 0 aliphatic heterocycles. The Kier molecular flexibility index (Phi) is 16.5. The summed E-state index contributed by atoms with van der Waals surface area (Å²) < 4.78 is 0. The molecular formula is C41H76. The van der Waals surface area contributed by atoms with Crippen molar-refractivity contribution in [2.75, 3.05) is 0 Å². The highest BCUT2D eigenvalue weighted by atomic mass is 14.6. The van der Waals surface area contributed by atoms with Gasteiger partial charge in [0.25, 0.3) is 0 Å². The number of hydrogen-bond donors (Lipinski definition) is 0. The van der Waals surface area contributed by atoms with Crippen molar-refractivity contribution < 1.29 is 0 Å². The van der Waals surface area contributed by atoms with E-state index in [1.54, 1.807) is 32.1 Å². The molecule has 3 unspecified atom stereocenters. The Hall–Kier alpha value is -0.260. The van der Waals surface area contributed by atoms with E-state index in [1.807, 2.05) is 19.4 Å². The van der Waals surface area contributed by atoms with Gasteiger partial charge in [-0.3, -0.25) is 0 Å². The topological polar surface area (TPSA) is 0 Å². The molecule has 0 bridgehead atoms. The lowest BCUT2D eigenvalue weighted by molar-refractivity contribution is -0.0425. The van der Waals surface area contributed by atoms with Crippen LogP contribution < -0.4 is 0 Å². The predicted octanol–water partition coefficient (Wildman–Crippen LogP) is 14.4. The number of rotatable bonds is 19. The Morgan fingerprint density at radius 3 is 1.71 bits per heavy atom. The number of unbranched alkanes of at least 4 members (excludes halogenated alkanes) is 17. The van der Waals surface area contributed by atoms with Crippen molar-refractivity contribution in [3.05, 3.63) is 11.6 Å². The second-order valence-electron chi connectivity index (χ2n) is 15.6. The van der Waals surface area contributed by atoms with Crippen LogP contribution in [0.15, 0.2) is 11.6 Å². The van der Waals surface area contributed by atoms with Crippen molar-refractivity contribution in [2.45, 2.75) is 214 Å². The van der Waals surface area contributed by atoms with Crippen molar-refractivity contribution in [1.82, 2.24) is 0 Å². The summed E-state index contributed by atoms with van der Waals surface area (Å²) in [4.78, 5) is 0. The first-order valence-electron chi connectivity index (χ1n) is 19.8. The van der Waals surface area contributed by atoms with Crippen molar-refractivity contribution in [1.29, 1.82) is 0 Å². The summed E-state index contributed by atoms with van der Waals surface area (Å²) in [6, 6.07) is 0. The van der Waals surface area contributed by atoms with Crippen LogP contribution in [0.4, 0.5) is 0 Å². The van der Waals surface area contributed by atoms with E-state index in [0.29, 0.717) is 10.8 Å². The van der Waals surface area contributed by atoms with E-state index in [4.69, 9.17) is 0 Å². The molecule has 0 radical (unpaired) electrons. The zero-order valence-electron chi connectivity index (χ0n) is 29.2. The maximum atomic E-state index is 2.76. The van der Waals surface area contributed by atoms with Crippen LogP contribution in [0.5, 0.6) is 0 Å². The van der Waals surface area contributed by atoms with Crippen LogP contribution in [-0.2, 0) is 0 Å². The highest BCUT2D eigenvalue weighted by Crippen LogP contribution is 2.66. The van der Waals surface area contributed by atoms with E-state index in [1.165, 1.54) is 148 Å². The van der Waals surface area contributed by atoms with E-state index in [9.17, 15) is 0 Å². The van der Waals surface area contributed by atoms with Gasteiger partial charge >= 0.3 is 0 Å². The van der Waals surface area contributed by atoms with Crippen LogP contribution >= 0.6 is 0 Å². The van der Waals surface area contributed by atoms with Gasteiger partial charge in [0.2, 0.25) is 0 Å². The Balaban J connectivity index is 0.00000226. The molecule has 0 heteroatoms. The zero-order valence-corrected chi connectivity index (χ0v) is 29.2. The second-order valence-corrected chi connectivity index (χ2v) is 15.6. The molecule has 0 heterocycles. The summed E-state index contributed by atoms with van der Waals surface area (Å²) in [5, 5.41) is 0. The van der Waals surface area contributed by atoms with E-state index in [-0.39, 0.29) is 0 Å². The molecule has 0 aromatic heterocycles. The van der Waals surface area contributed by atoms with Gasteiger partial charge in [0.15, 0.2) is 0 Å². The second kappa shape index (κ2) is 19.2. The van der Waals surface area contributed by atoms with Crippen LogP contribution in [0.2, 0.25) is 0 Å². The monoisotopic (exact) mass is 569 g/mol. The van der Waals surface area contributed by atoms with Crippen molar-refractivity contribution in [2.24, 2.45) is 34.5 Å². The molecule has 0 saturated heterocycles. The van der Waals surface area contributed by atoms with E-state index < -0.39 is 0 Å². The highest BCUT2D eigenvalue weighted by Gasteiger charge is 2.57. The largest absolute Gasteiger partial charge is 0.0845 e. The summed E-state index contributed by atoms with van der Waals surface area (Å²) in [6.07, 6.45) is 44.5. The van der Waals surface area contributed by atoms with Crippen molar-refractivity contribution >= 4 is 0 Å². The molecule has 4 rings (SSSR count). The molecule has 0 N–H and O–H groups in total. The Morgan fingerprint density at radius 1 is 0.610 bits per heavy atom. The highest BCUT2D eigenvalue weighted by molar-refractivity contribution is 5.24. The number of fused-ring (bicyclic) bond motifs is 5. The normalized spacial score (nSPS) is 32.4. The summed E-state index contributed by atoms with van der Waals surface area (Å²) in [6.45, 7) is 11.7. The molecule has 4 aliphatic carbocycles. The van der Waals surface area contributed by atoms with E-state index in [0.717, 1.165) is 23.7 Å². The third kappa shape index (κ3) is 9.87. The fourth-order valence-electron chi connectivity index (χ4n) is 10.6. The molecule has 0 aromatic rings. The molecule has 4 aliphatic rings. The maximum absolute atomic E-state index is 2.76. The van der Waals surface area contributed by atoms with Gasteiger partial charge in [-0.15, -0.1) is 0 Å². The van der Waals surface area contributed by atoms with Gasteiger partial charge in [-0.1, -0.05) is 168 Å². The summed E-state index contributed by atoms with van der Waals surface area (Å²) in [7, 11) is 0. The van der Waals surface area contributed by atoms with Gasteiger partial charge in [-0.05, 0) is 92.3 Å². The average Bonchev–Trinajstić information content (AvgIpc) is 3.33. The molecule has 6 atom stereocenters. The van der Waals surface area contributed by atoms with Crippen LogP contribution in [-0.4, -0.2) is 0 Å². The van der Waals surface area contributed by atoms with Gasteiger partial charge in [-0.2, -0.15) is 0 Å². The standard InChI is InChI=1S/C39H70.C2H6/c1-4-5-6-7-8-9-10-11-12-13-14-15-16-17-18-19-20-21-24-34-27-29-36-35-28-26-33-25-22-23-31-38(33,2)37(35)30-32-39(34,36)3;1-2/h26,34-37H,4-25,27-32H2,1-3H3;1-2H3/t34-,35?,36-,37-,38?,39?;/m0./s1. The van der Waals surface area contributed by atoms with Crippen molar-refractivity contribution in [3.63, 3.8) is 0 Å². The lowest BCUT2D eigenvalue weighted by atomic mass is 9.47. The molecule has 3 saturated carbocycles. The van der Waals surface area contributed by atoms with Gasteiger partial charge in [-0.25, -0.2) is 0 Å². The molecular weight excluding hydrogens is 492 g/mol. The number of hydrogen-bond acceptors (Lipinski definition) is 0. The maximum Gasteiger partial charge on any atom is -0.00853 e. The first-order valence-corrected chi connectivity index (χ1v) is 19.8. The quantitative estimate of drug-likeness (QED) is 0.107. The first kappa shape index (κ1) is 35.2. The fraction of sp³-hybridized carbons (Fsp3) is 0.951. The molecule has 41 heavy (non-hydrogen) atoms. The summed E-state index contributed by atoms with van der Waals surface area (Å²) >= 11 is 0. The minimum Gasteiger partial charge on any atom is -0.0845 e. The third-order valence-corrected chi connectivity index (χ3v) is 13.1. The lowest BCUT2D eigenvalue weighted by Crippen LogP contribution is -2.49. The molecule has 3 fully saturated rings. The first-order chi connectivity index (χ1) is 20.1. The van der Waals surface area contributed by atoms with Gasteiger partial charge < -0.3 is 0 Å². The summed E-state index contributed by atoms with van der Waals surface area (Å²) in [5.41, 5.74) is 3.13. The minimum absolute atomic E-state index is 0.577. The van der Waals surface area contributed by atoms with Crippen LogP contribution in [0.1, 0.15) is 214 Å². The minimum atomic E-state index is 0.577. The Labute approximate surface area is 260 Å². The molecule has 0 amide bonds.